The molecule has 0 spiro atoms. The van der Waals surface area contributed by atoms with Gasteiger partial charge in [0.1, 0.15) is 11.6 Å². The molecule has 5 nitrogen and oxygen atoms in total. The van der Waals surface area contributed by atoms with Gasteiger partial charge >= 0.3 is 0 Å². The molecule has 0 saturated carbocycles. The molecule has 130 valence electrons. The molecule has 1 atom stereocenters. The topological polar surface area (TPSA) is 58.6 Å². The maximum Gasteiger partial charge on any atom is 0.229 e. The Hall–Kier alpha value is -2.60. The van der Waals surface area contributed by atoms with Gasteiger partial charge in [0.15, 0.2) is 0 Å². The number of nitrogens with one attached hydrogen (secondary N) is 1. The monoisotopic (exact) mass is 362 g/mol. The minimum absolute atomic E-state index is 0.0607. The van der Waals surface area contributed by atoms with Gasteiger partial charge in [0.05, 0.1) is 18.7 Å². The van der Waals surface area contributed by atoms with Crippen LogP contribution >= 0.6 is 11.6 Å². The zero-order valence-corrected chi connectivity index (χ0v) is 14.2. The Morgan fingerprint density at radius 1 is 1.32 bits per heavy atom. The number of hydrogen-bond acceptors (Lipinski definition) is 3. The van der Waals surface area contributed by atoms with Crippen LogP contribution in [0.5, 0.6) is 5.75 Å². The first-order chi connectivity index (χ1) is 12.0. The third kappa shape index (κ3) is 3.74. The Balaban J connectivity index is 1.74. The minimum Gasteiger partial charge on any atom is -0.495 e. The van der Waals surface area contributed by atoms with Gasteiger partial charge < -0.3 is 15.0 Å². The van der Waals surface area contributed by atoms with E-state index in [4.69, 9.17) is 16.3 Å². The zero-order valence-electron chi connectivity index (χ0n) is 13.5. The summed E-state index contributed by atoms with van der Waals surface area (Å²) in [5.74, 6) is -1.03. The fourth-order valence-corrected chi connectivity index (χ4v) is 2.96. The first kappa shape index (κ1) is 17.2. The second kappa shape index (κ2) is 7.11. The maximum atomic E-state index is 13.4. The van der Waals surface area contributed by atoms with Crippen molar-refractivity contribution in [2.45, 2.75) is 6.42 Å². The van der Waals surface area contributed by atoms with Crippen molar-refractivity contribution in [3.63, 3.8) is 0 Å². The number of amides is 2. The Bertz CT molecular complexity index is 828. The number of benzene rings is 2. The predicted octanol–water partition coefficient (Wildman–Crippen LogP) is 3.48. The molecule has 0 radical (unpaired) electrons. The van der Waals surface area contributed by atoms with E-state index >= 15 is 0 Å². The molecular formula is C18H16ClFN2O3. The standard InChI is InChI=1S/C18H16ClFN2O3/c1-25-16-6-5-12(19)8-15(16)21-18(24)11-7-17(23)22(10-11)14-4-2-3-13(20)9-14/h2-6,8-9,11H,7,10H2,1H3,(H,21,24). The number of halogens is 2. The van der Waals surface area contributed by atoms with Crippen LogP contribution in [-0.2, 0) is 9.59 Å². The summed E-state index contributed by atoms with van der Waals surface area (Å²) in [6, 6.07) is 10.6. The van der Waals surface area contributed by atoms with E-state index in [2.05, 4.69) is 5.32 Å². The Kier molecular flexibility index (Phi) is 4.90. The number of methoxy groups -OCH3 is 1. The molecule has 1 unspecified atom stereocenters. The molecule has 2 aromatic carbocycles. The number of anilines is 2. The Labute approximate surface area is 149 Å². The molecular weight excluding hydrogens is 347 g/mol. The van der Waals surface area contributed by atoms with Crippen LogP contribution < -0.4 is 15.0 Å². The number of hydrogen-bond donors (Lipinski definition) is 1. The molecule has 2 aromatic rings. The van der Waals surface area contributed by atoms with Crippen LogP contribution in [-0.4, -0.2) is 25.5 Å². The molecule has 1 fully saturated rings. The molecule has 1 aliphatic heterocycles. The molecule has 1 aliphatic rings. The van der Waals surface area contributed by atoms with Crippen molar-refractivity contribution in [1.82, 2.24) is 0 Å². The zero-order chi connectivity index (χ0) is 18.0. The third-order valence-electron chi connectivity index (χ3n) is 4.04. The van der Waals surface area contributed by atoms with E-state index in [-0.39, 0.29) is 24.8 Å². The summed E-state index contributed by atoms with van der Waals surface area (Å²) in [6.07, 6.45) is 0.0607. The van der Waals surface area contributed by atoms with Gasteiger partial charge in [-0.15, -0.1) is 0 Å². The van der Waals surface area contributed by atoms with Crippen LogP contribution in [0.4, 0.5) is 15.8 Å². The molecule has 1 saturated heterocycles. The van der Waals surface area contributed by atoms with Crippen molar-refractivity contribution in [2.75, 3.05) is 23.9 Å². The van der Waals surface area contributed by atoms with Crippen molar-refractivity contribution >= 4 is 34.8 Å². The maximum absolute atomic E-state index is 13.4. The fourth-order valence-electron chi connectivity index (χ4n) is 2.79. The van der Waals surface area contributed by atoms with Gasteiger partial charge in [0.25, 0.3) is 0 Å². The van der Waals surface area contributed by atoms with Gasteiger partial charge in [-0.25, -0.2) is 4.39 Å². The van der Waals surface area contributed by atoms with E-state index in [1.165, 1.54) is 30.2 Å². The molecule has 3 rings (SSSR count). The lowest BCUT2D eigenvalue weighted by atomic mass is 10.1. The second-order valence-corrected chi connectivity index (χ2v) is 6.16. The smallest absolute Gasteiger partial charge is 0.229 e. The van der Waals surface area contributed by atoms with E-state index in [1.807, 2.05) is 0 Å². The number of carbonyl (C=O) groups excluding carboxylic acids is 2. The normalized spacial score (nSPS) is 16.8. The number of ether oxygens (including phenoxy) is 1. The highest BCUT2D eigenvalue weighted by molar-refractivity contribution is 6.31. The molecule has 2 amide bonds. The van der Waals surface area contributed by atoms with Gasteiger partial charge in [0, 0.05) is 23.7 Å². The van der Waals surface area contributed by atoms with Gasteiger partial charge in [-0.2, -0.15) is 0 Å². The summed E-state index contributed by atoms with van der Waals surface area (Å²) in [5.41, 5.74) is 0.886. The highest BCUT2D eigenvalue weighted by Gasteiger charge is 2.35. The lowest BCUT2D eigenvalue weighted by molar-refractivity contribution is -0.122. The number of nitrogens with zero attached hydrogens (tertiary/aromatic N) is 1. The quantitative estimate of drug-likeness (QED) is 0.905. The van der Waals surface area contributed by atoms with Gasteiger partial charge in [-0.05, 0) is 36.4 Å². The molecule has 7 heteroatoms. The SMILES string of the molecule is COc1ccc(Cl)cc1NC(=O)C1CC(=O)N(c2cccc(F)c2)C1. The van der Waals surface area contributed by atoms with E-state index < -0.39 is 11.7 Å². The molecule has 25 heavy (non-hydrogen) atoms. The lowest BCUT2D eigenvalue weighted by Crippen LogP contribution is -2.28. The molecule has 0 aromatic heterocycles. The van der Waals surface area contributed by atoms with E-state index in [1.54, 1.807) is 24.3 Å². The molecule has 1 heterocycles. The van der Waals surface area contributed by atoms with Crippen LogP contribution in [0.2, 0.25) is 5.02 Å². The van der Waals surface area contributed by atoms with Gasteiger partial charge in [-0.1, -0.05) is 17.7 Å². The summed E-state index contributed by atoms with van der Waals surface area (Å²) in [7, 11) is 1.49. The fraction of sp³-hybridized carbons (Fsp3) is 0.222. The van der Waals surface area contributed by atoms with Crippen molar-refractivity contribution in [3.05, 3.63) is 53.3 Å². The summed E-state index contributed by atoms with van der Waals surface area (Å²) in [6.45, 7) is 0.191. The van der Waals surface area contributed by atoms with Crippen molar-refractivity contribution < 1.29 is 18.7 Å². The van der Waals surface area contributed by atoms with E-state index in [0.29, 0.717) is 22.1 Å². The number of carbonyl (C=O) groups is 2. The highest BCUT2D eigenvalue weighted by atomic mass is 35.5. The highest BCUT2D eigenvalue weighted by Crippen LogP contribution is 2.30. The van der Waals surface area contributed by atoms with Crippen LogP contribution in [0.1, 0.15) is 6.42 Å². The Morgan fingerprint density at radius 2 is 2.12 bits per heavy atom. The predicted molar refractivity (Wildman–Crippen MR) is 93.5 cm³/mol. The van der Waals surface area contributed by atoms with Crippen LogP contribution in [0.15, 0.2) is 42.5 Å². The number of rotatable bonds is 4. The summed E-state index contributed by atoms with van der Waals surface area (Å²) in [5, 5.41) is 3.21. The average Bonchev–Trinajstić information content (AvgIpc) is 2.97. The van der Waals surface area contributed by atoms with Crippen LogP contribution in [0.3, 0.4) is 0 Å². The third-order valence-corrected chi connectivity index (χ3v) is 4.27. The lowest BCUT2D eigenvalue weighted by Gasteiger charge is -2.17. The molecule has 0 aliphatic carbocycles. The van der Waals surface area contributed by atoms with Crippen LogP contribution in [0.25, 0.3) is 0 Å². The van der Waals surface area contributed by atoms with Crippen molar-refractivity contribution in [3.8, 4) is 5.75 Å². The average molecular weight is 363 g/mol. The van der Waals surface area contributed by atoms with Crippen LogP contribution in [0, 0.1) is 11.7 Å². The largest absolute Gasteiger partial charge is 0.495 e. The van der Waals surface area contributed by atoms with Crippen molar-refractivity contribution in [1.29, 1.82) is 0 Å². The van der Waals surface area contributed by atoms with Crippen molar-refractivity contribution in [2.24, 2.45) is 5.92 Å². The summed E-state index contributed by atoms with van der Waals surface area (Å²) < 4.78 is 18.6. The summed E-state index contributed by atoms with van der Waals surface area (Å²) in [4.78, 5) is 26.1. The van der Waals surface area contributed by atoms with Gasteiger partial charge in [0.2, 0.25) is 11.8 Å². The molecule has 1 N–H and O–H groups in total. The first-order valence-corrected chi connectivity index (χ1v) is 8.06. The summed E-state index contributed by atoms with van der Waals surface area (Å²) >= 11 is 5.95. The van der Waals surface area contributed by atoms with E-state index in [0.717, 1.165) is 0 Å². The minimum atomic E-state index is -0.542. The van der Waals surface area contributed by atoms with Gasteiger partial charge in [-0.3, -0.25) is 9.59 Å². The Morgan fingerprint density at radius 3 is 2.84 bits per heavy atom. The first-order valence-electron chi connectivity index (χ1n) is 7.68. The van der Waals surface area contributed by atoms with E-state index in [9.17, 15) is 14.0 Å². The molecule has 0 bridgehead atoms. The second-order valence-electron chi connectivity index (χ2n) is 5.72.